The number of nitrogens with zero attached hydrogens (tertiary/aromatic N) is 1. The summed E-state index contributed by atoms with van der Waals surface area (Å²) >= 11 is 0. The number of ether oxygens (including phenoxy) is 2. The van der Waals surface area contributed by atoms with E-state index in [1.165, 1.54) is 38.8 Å². The molecule has 4 nitrogen and oxygen atoms in total. The molecule has 0 aromatic heterocycles. The van der Waals surface area contributed by atoms with Crippen molar-refractivity contribution in [2.24, 2.45) is 0 Å². The first-order valence-corrected chi connectivity index (χ1v) is 7.99. The lowest BCUT2D eigenvalue weighted by Gasteiger charge is -2.31. The fourth-order valence-corrected chi connectivity index (χ4v) is 2.39. The van der Waals surface area contributed by atoms with E-state index in [1.54, 1.807) is 0 Å². The van der Waals surface area contributed by atoms with Gasteiger partial charge in [-0.25, -0.2) is 0 Å². The first kappa shape index (κ1) is 16.9. The van der Waals surface area contributed by atoms with Gasteiger partial charge >= 0.3 is 0 Å². The summed E-state index contributed by atoms with van der Waals surface area (Å²) in [6.45, 7) is 12.4. The molecule has 0 unspecified atom stereocenters. The van der Waals surface area contributed by atoms with Gasteiger partial charge in [-0.3, -0.25) is 0 Å². The molecule has 0 aromatic carbocycles. The van der Waals surface area contributed by atoms with E-state index in [4.69, 9.17) is 9.47 Å². The van der Waals surface area contributed by atoms with Crippen LogP contribution in [0.5, 0.6) is 0 Å². The van der Waals surface area contributed by atoms with Crippen molar-refractivity contribution in [1.82, 2.24) is 10.2 Å². The summed E-state index contributed by atoms with van der Waals surface area (Å²) in [6.07, 6.45) is 5.27. The van der Waals surface area contributed by atoms with Crippen LogP contribution in [0.1, 0.15) is 39.5 Å². The number of hydrogen-bond acceptors (Lipinski definition) is 4. The Balaban J connectivity index is 1.85. The second-order valence-corrected chi connectivity index (χ2v) is 5.21. The molecule has 1 N–H and O–H groups in total. The van der Waals surface area contributed by atoms with Crippen LogP contribution in [0.15, 0.2) is 0 Å². The van der Waals surface area contributed by atoms with Gasteiger partial charge in [-0.2, -0.15) is 0 Å². The third-order valence-corrected chi connectivity index (χ3v) is 3.61. The molecule has 0 aliphatic carbocycles. The Bertz CT molecular complexity index is 195. The van der Waals surface area contributed by atoms with Crippen molar-refractivity contribution in [3.05, 3.63) is 0 Å². The van der Waals surface area contributed by atoms with Crippen molar-refractivity contribution >= 4 is 0 Å². The maximum Gasteiger partial charge on any atom is 0.0599 e. The Morgan fingerprint density at radius 1 is 1.11 bits per heavy atom. The Morgan fingerprint density at radius 2 is 1.89 bits per heavy atom. The minimum absolute atomic E-state index is 0.501. The van der Waals surface area contributed by atoms with E-state index in [0.717, 1.165) is 39.5 Å². The van der Waals surface area contributed by atoms with Crippen molar-refractivity contribution in [2.75, 3.05) is 52.5 Å². The standard InChI is InChI=1S/C15H32N2O2/c1-3-5-13-18-14-9-16-8-12-17-10-6-15(7-11-17)19-4-2/h15-16H,3-14H2,1-2H3. The quantitative estimate of drug-likeness (QED) is 0.582. The van der Waals surface area contributed by atoms with Crippen LogP contribution in [-0.2, 0) is 9.47 Å². The van der Waals surface area contributed by atoms with Gasteiger partial charge in [0.2, 0.25) is 0 Å². The van der Waals surface area contributed by atoms with Gasteiger partial charge in [0.25, 0.3) is 0 Å². The Labute approximate surface area is 118 Å². The van der Waals surface area contributed by atoms with Crippen LogP contribution in [0.2, 0.25) is 0 Å². The third kappa shape index (κ3) is 8.58. The Hall–Kier alpha value is -0.160. The second kappa shape index (κ2) is 11.6. The van der Waals surface area contributed by atoms with Crippen LogP contribution < -0.4 is 5.32 Å². The summed E-state index contributed by atoms with van der Waals surface area (Å²) in [6, 6.07) is 0. The van der Waals surface area contributed by atoms with Crippen molar-refractivity contribution in [3.63, 3.8) is 0 Å². The summed E-state index contributed by atoms with van der Waals surface area (Å²) in [5, 5.41) is 3.45. The lowest BCUT2D eigenvalue weighted by atomic mass is 10.1. The van der Waals surface area contributed by atoms with Gasteiger partial charge in [-0.05, 0) is 26.2 Å². The van der Waals surface area contributed by atoms with E-state index in [-0.39, 0.29) is 0 Å². The van der Waals surface area contributed by atoms with Crippen molar-refractivity contribution in [3.8, 4) is 0 Å². The summed E-state index contributed by atoms with van der Waals surface area (Å²) in [5.41, 5.74) is 0. The predicted octanol–water partition coefficient (Wildman–Crippen LogP) is 1.89. The summed E-state index contributed by atoms with van der Waals surface area (Å²) in [7, 11) is 0. The molecule has 19 heavy (non-hydrogen) atoms. The number of rotatable bonds is 11. The largest absolute Gasteiger partial charge is 0.380 e. The highest BCUT2D eigenvalue weighted by atomic mass is 16.5. The molecular weight excluding hydrogens is 240 g/mol. The van der Waals surface area contributed by atoms with E-state index in [1.807, 2.05) is 0 Å². The lowest BCUT2D eigenvalue weighted by Crippen LogP contribution is -2.40. The minimum Gasteiger partial charge on any atom is -0.380 e. The fraction of sp³-hybridized carbons (Fsp3) is 1.00. The van der Waals surface area contributed by atoms with E-state index in [0.29, 0.717) is 6.10 Å². The summed E-state index contributed by atoms with van der Waals surface area (Å²) < 4.78 is 11.2. The molecule has 0 bridgehead atoms. The van der Waals surface area contributed by atoms with Crippen LogP contribution in [0.4, 0.5) is 0 Å². The van der Waals surface area contributed by atoms with Gasteiger partial charge in [0.1, 0.15) is 0 Å². The number of hydrogen-bond donors (Lipinski definition) is 1. The molecule has 1 fully saturated rings. The monoisotopic (exact) mass is 272 g/mol. The van der Waals surface area contributed by atoms with Gasteiger partial charge in [-0.1, -0.05) is 13.3 Å². The highest BCUT2D eigenvalue weighted by Gasteiger charge is 2.18. The maximum atomic E-state index is 5.66. The molecule has 0 saturated carbocycles. The molecule has 4 heteroatoms. The van der Waals surface area contributed by atoms with E-state index in [9.17, 15) is 0 Å². The number of unbranched alkanes of at least 4 members (excludes halogenated alkanes) is 1. The molecule has 1 heterocycles. The van der Waals surface area contributed by atoms with E-state index >= 15 is 0 Å². The van der Waals surface area contributed by atoms with Crippen molar-refractivity contribution in [2.45, 2.75) is 45.6 Å². The fourth-order valence-electron chi connectivity index (χ4n) is 2.39. The zero-order valence-electron chi connectivity index (χ0n) is 12.8. The first-order chi connectivity index (χ1) is 9.36. The number of nitrogens with one attached hydrogen (secondary N) is 1. The second-order valence-electron chi connectivity index (χ2n) is 5.21. The van der Waals surface area contributed by atoms with Gasteiger partial charge in [0.05, 0.1) is 12.7 Å². The molecule has 0 amide bonds. The van der Waals surface area contributed by atoms with E-state index in [2.05, 4.69) is 24.1 Å². The zero-order valence-corrected chi connectivity index (χ0v) is 12.8. The smallest absolute Gasteiger partial charge is 0.0599 e. The molecule has 0 radical (unpaired) electrons. The normalized spacial score (nSPS) is 18.0. The predicted molar refractivity (Wildman–Crippen MR) is 79.7 cm³/mol. The zero-order chi connectivity index (χ0) is 13.8. The summed E-state index contributed by atoms with van der Waals surface area (Å²) in [5.74, 6) is 0. The molecule has 1 aliphatic heterocycles. The molecule has 1 aliphatic rings. The molecule has 0 spiro atoms. The highest BCUT2D eigenvalue weighted by molar-refractivity contribution is 4.72. The van der Waals surface area contributed by atoms with Gasteiger partial charge < -0.3 is 19.7 Å². The lowest BCUT2D eigenvalue weighted by molar-refractivity contribution is 0.0145. The molecule has 1 saturated heterocycles. The van der Waals surface area contributed by atoms with Gasteiger partial charge in [0.15, 0.2) is 0 Å². The Kier molecular flexibility index (Phi) is 10.4. The highest BCUT2D eigenvalue weighted by Crippen LogP contribution is 2.12. The average Bonchev–Trinajstić information content (AvgIpc) is 2.44. The van der Waals surface area contributed by atoms with Gasteiger partial charge in [-0.15, -0.1) is 0 Å². The number of piperidine rings is 1. The molecular formula is C15H32N2O2. The molecule has 1 rings (SSSR count). The van der Waals surface area contributed by atoms with E-state index < -0.39 is 0 Å². The molecule has 0 aromatic rings. The SMILES string of the molecule is CCCCOCCNCCN1CCC(OCC)CC1. The van der Waals surface area contributed by atoms with Crippen LogP contribution in [0.25, 0.3) is 0 Å². The Morgan fingerprint density at radius 3 is 2.58 bits per heavy atom. The molecule has 0 atom stereocenters. The van der Waals surface area contributed by atoms with Crippen LogP contribution in [0.3, 0.4) is 0 Å². The van der Waals surface area contributed by atoms with Crippen LogP contribution >= 0.6 is 0 Å². The summed E-state index contributed by atoms with van der Waals surface area (Å²) in [4.78, 5) is 2.53. The number of likely N-dealkylation sites (tertiary alicyclic amines) is 1. The van der Waals surface area contributed by atoms with Crippen LogP contribution in [0, 0.1) is 0 Å². The van der Waals surface area contributed by atoms with Crippen LogP contribution in [-0.4, -0.2) is 63.5 Å². The van der Waals surface area contributed by atoms with Crippen molar-refractivity contribution < 1.29 is 9.47 Å². The first-order valence-electron chi connectivity index (χ1n) is 7.99. The topological polar surface area (TPSA) is 33.7 Å². The van der Waals surface area contributed by atoms with Crippen molar-refractivity contribution in [1.29, 1.82) is 0 Å². The molecule has 114 valence electrons. The average molecular weight is 272 g/mol. The van der Waals surface area contributed by atoms with Gasteiger partial charge in [0, 0.05) is 45.9 Å². The third-order valence-electron chi connectivity index (χ3n) is 3.61. The maximum absolute atomic E-state index is 5.66. The minimum atomic E-state index is 0.501.